The molecule has 5 rings (SSSR count). The number of guanidine groups is 2. The molecule has 0 aliphatic carbocycles. The van der Waals surface area contributed by atoms with Gasteiger partial charge in [-0.2, -0.15) is 0 Å². The molecule has 1 aromatic carbocycles. The predicted octanol–water partition coefficient (Wildman–Crippen LogP) is -2.29. The van der Waals surface area contributed by atoms with E-state index in [1.165, 1.54) is 26.0 Å². The lowest BCUT2D eigenvalue weighted by atomic mass is 9.92. The number of carbonyl (C=O) groups excluding carboxylic acids is 8. The first-order chi connectivity index (χ1) is 30.5. The lowest BCUT2D eigenvalue weighted by Gasteiger charge is -2.40. The molecule has 4 heterocycles. The van der Waals surface area contributed by atoms with E-state index in [2.05, 4.69) is 31.9 Å². The molecule has 1 aromatic rings. The van der Waals surface area contributed by atoms with E-state index in [1.807, 2.05) is 6.07 Å². The maximum Gasteiger partial charge on any atom is 0.508 e. The number of amides is 4. The van der Waals surface area contributed by atoms with Crippen LogP contribution in [0.4, 0.5) is 19.2 Å². The Hall–Kier alpha value is -7.80. The zero-order valence-electron chi connectivity index (χ0n) is 34.3. The molecule has 64 heavy (non-hydrogen) atoms. The summed E-state index contributed by atoms with van der Waals surface area (Å²) >= 11 is 0. The minimum absolute atomic E-state index is 0.0402. The van der Waals surface area contributed by atoms with E-state index in [0.29, 0.717) is 25.4 Å². The largest absolute Gasteiger partial charge is 0.508 e. The summed E-state index contributed by atoms with van der Waals surface area (Å²) in [5, 5.41) is 31.1. The number of benzene rings is 1. The van der Waals surface area contributed by atoms with Crippen LogP contribution in [0.25, 0.3) is 0 Å². The first-order valence-corrected chi connectivity index (χ1v) is 19.6. The molecule has 0 unspecified atom stereocenters. The monoisotopic (exact) mass is 900 g/mol. The van der Waals surface area contributed by atoms with Crippen LogP contribution in [0.5, 0.6) is 0 Å². The molecule has 26 nitrogen and oxygen atoms in total. The number of carbonyl (C=O) groups is 8. The van der Waals surface area contributed by atoms with Crippen LogP contribution in [0, 0.1) is 10.8 Å². The highest BCUT2D eigenvalue weighted by molar-refractivity contribution is 5.79. The van der Waals surface area contributed by atoms with E-state index < -0.39 is 109 Å². The summed E-state index contributed by atoms with van der Waals surface area (Å²) in [6, 6.07) is 3.03. The van der Waals surface area contributed by atoms with Gasteiger partial charge in [-0.1, -0.05) is 24.3 Å². The summed E-state index contributed by atoms with van der Waals surface area (Å²) in [5.41, 5.74) is 12.6. The van der Waals surface area contributed by atoms with Crippen molar-refractivity contribution >= 4 is 60.8 Å². The van der Waals surface area contributed by atoms with Gasteiger partial charge in [0.05, 0.1) is 24.2 Å². The van der Waals surface area contributed by atoms with E-state index in [0.717, 1.165) is 11.1 Å². The van der Waals surface area contributed by atoms with Gasteiger partial charge in [0.2, 0.25) is 11.8 Å². The molecule has 0 spiro atoms. The van der Waals surface area contributed by atoms with Crippen LogP contribution in [-0.2, 0) is 69.9 Å². The molecule has 12 N–H and O–H groups in total. The van der Waals surface area contributed by atoms with Crippen molar-refractivity contribution in [3.63, 3.8) is 0 Å². The number of allylic oxidation sites excluding steroid dienone is 2. The van der Waals surface area contributed by atoms with Crippen molar-refractivity contribution < 1.29 is 76.3 Å². The molecule has 4 aliphatic rings. The Balaban J connectivity index is 1.19. The average molecular weight is 901 g/mol. The molecule has 4 aliphatic heterocycles. The Morgan fingerprint density at radius 2 is 1.11 bits per heavy atom. The van der Waals surface area contributed by atoms with E-state index in [9.17, 15) is 38.4 Å². The lowest BCUT2D eigenvalue weighted by molar-refractivity contribution is -0.127. The summed E-state index contributed by atoms with van der Waals surface area (Å²) in [7, 11) is 0. The highest BCUT2D eigenvalue weighted by Crippen LogP contribution is 2.29. The Bertz CT molecular complexity index is 1910. The van der Waals surface area contributed by atoms with E-state index >= 15 is 0 Å². The molecule has 2 fully saturated rings. The third kappa shape index (κ3) is 13.1. The Kier molecular flexibility index (Phi) is 16.1. The average Bonchev–Trinajstić information content (AvgIpc) is 3.87. The molecule has 2 saturated heterocycles. The molecule has 0 aromatic heterocycles. The summed E-state index contributed by atoms with van der Waals surface area (Å²) in [4.78, 5) is 98.3. The summed E-state index contributed by atoms with van der Waals surface area (Å²) in [6.45, 7) is 1.79. The van der Waals surface area contributed by atoms with Crippen LogP contribution in [0.15, 0.2) is 47.9 Å². The zero-order valence-corrected chi connectivity index (χ0v) is 34.3. The number of cyclic esters (lactones) is 4. The number of aldehydes is 2. The second-order valence-electron chi connectivity index (χ2n) is 14.5. The smallest absolute Gasteiger partial charge is 0.481 e. The molecule has 0 radical (unpaired) electrons. The molecule has 10 atom stereocenters. The quantitative estimate of drug-likeness (QED) is 0.0244. The Morgan fingerprint density at radius 3 is 1.44 bits per heavy atom. The van der Waals surface area contributed by atoms with Crippen LogP contribution in [0.2, 0.25) is 0 Å². The third-order valence-corrected chi connectivity index (χ3v) is 9.78. The van der Waals surface area contributed by atoms with Crippen molar-refractivity contribution in [2.24, 2.45) is 11.5 Å². The van der Waals surface area contributed by atoms with Gasteiger partial charge in [0.15, 0.2) is 72.6 Å². The van der Waals surface area contributed by atoms with Gasteiger partial charge in [0, 0.05) is 26.9 Å². The van der Waals surface area contributed by atoms with Gasteiger partial charge in [-0.25, -0.2) is 19.2 Å². The molecule has 346 valence electrons. The minimum Gasteiger partial charge on any atom is -0.481 e. The van der Waals surface area contributed by atoms with Gasteiger partial charge in [-0.15, -0.1) is 0 Å². The van der Waals surface area contributed by atoms with Crippen molar-refractivity contribution in [2.45, 2.75) is 87.5 Å². The summed E-state index contributed by atoms with van der Waals surface area (Å²) < 4.78 is 43.2. The highest BCUT2D eigenvalue weighted by Gasteiger charge is 2.51. The second kappa shape index (κ2) is 21.8. The fourth-order valence-corrected chi connectivity index (χ4v) is 7.23. The van der Waals surface area contributed by atoms with Gasteiger partial charge < -0.3 is 81.3 Å². The van der Waals surface area contributed by atoms with Crippen molar-refractivity contribution in [1.82, 2.24) is 31.9 Å². The SMILES string of the molecule is CC(=O)N[C@H]1[C@H]([C@H](OC(=O)NCCc2cccc(CCNC(=O)O[C@@H]([C@@H]3OC(C=O)=C[C@H](NC(=N)N)[C@H]3NC(C)=O)[C@H]3COC(=O)O3)c2)[C@H]2COC(=O)O2)OC(C=O)=C[C@@H]1NC(=N)N. The zero-order chi connectivity index (χ0) is 46.5. The third-order valence-electron chi connectivity index (χ3n) is 9.78. The Morgan fingerprint density at radius 1 is 0.703 bits per heavy atom. The number of ether oxygens (including phenoxy) is 8. The number of nitrogens with two attached hydrogens (primary N) is 2. The molecule has 0 bridgehead atoms. The van der Waals surface area contributed by atoms with Crippen LogP contribution in [0.1, 0.15) is 25.0 Å². The summed E-state index contributed by atoms with van der Waals surface area (Å²) in [5.74, 6) is -2.54. The number of nitrogens with one attached hydrogen (secondary N) is 8. The lowest BCUT2D eigenvalue weighted by Crippen LogP contribution is -2.64. The predicted molar refractivity (Wildman–Crippen MR) is 214 cm³/mol. The summed E-state index contributed by atoms with van der Waals surface area (Å²) in [6.07, 6.45) is -8.16. The fourth-order valence-electron chi connectivity index (χ4n) is 7.23. The molecular weight excluding hydrogens is 852 g/mol. The van der Waals surface area contributed by atoms with Crippen LogP contribution >= 0.6 is 0 Å². The van der Waals surface area contributed by atoms with Gasteiger partial charge >= 0.3 is 24.5 Å². The van der Waals surface area contributed by atoms with E-state index in [1.54, 1.807) is 18.2 Å². The molecule has 4 amide bonds. The number of hydrogen-bond donors (Lipinski definition) is 10. The second-order valence-corrected chi connectivity index (χ2v) is 14.5. The van der Waals surface area contributed by atoms with Crippen LogP contribution < -0.4 is 43.4 Å². The normalized spacial score (nSPS) is 25.4. The Labute approximate surface area is 363 Å². The molecule has 26 heteroatoms. The number of alkyl carbamates (subject to hydrolysis) is 2. The fraction of sp³-hybridized carbons (Fsp3) is 0.474. The standard InChI is InChI=1S/C38H48N10O16/c1-17(51)45-27-23(47-33(39)40)11-21(13-49)59-31(27)29(25-15-57-37(55)61-25)63-35(53)43-8-6-19-4-3-5-20(10-19)7-9-44-36(54)64-30(26-16-58-38(56)62-26)32-28(46-18(2)52)24(48-34(41)42)12-22(14-50)60-32/h3-5,10-14,23-32H,6-9,15-16H2,1-2H3,(H,43,53)(H,44,54)(H,45,51)(H,46,52)(H4,39,40,47)(H4,41,42,48)/t23-,24-,25+,26+,27+,28+,29+,30+,31+,32+/m0/s1. The maximum absolute atomic E-state index is 13.2. The maximum atomic E-state index is 13.2. The van der Waals surface area contributed by atoms with E-state index in [-0.39, 0.29) is 37.8 Å². The highest BCUT2D eigenvalue weighted by atomic mass is 16.8. The first kappa shape index (κ1) is 47.3. The van der Waals surface area contributed by atoms with Crippen molar-refractivity contribution in [2.75, 3.05) is 26.3 Å². The van der Waals surface area contributed by atoms with Gasteiger partial charge in [0.1, 0.15) is 13.2 Å². The van der Waals surface area contributed by atoms with Crippen LogP contribution in [0.3, 0.4) is 0 Å². The molecule has 0 saturated carbocycles. The number of hydrogen-bond acceptors (Lipinski definition) is 18. The topological polar surface area (TPSA) is 382 Å². The van der Waals surface area contributed by atoms with E-state index in [4.69, 9.17) is 60.2 Å². The van der Waals surface area contributed by atoms with Crippen molar-refractivity contribution in [3.8, 4) is 0 Å². The van der Waals surface area contributed by atoms with Crippen molar-refractivity contribution in [3.05, 3.63) is 59.1 Å². The van der Waals surface area contributed by atoms with Crippen LogP contribution in [-0.4, -0.2) is 148 Å². The molecular formula is C38H48N10O16. The van der Waals surface area contributed by atoms with Gasteiger partial charge in [0.25, 0.3) is 0 Å². The van der Waals surface area contributed by atoms with Gasteiger partial charge in [-0.05, 0) is 36.1 Å². The first-order valence-electron chi connectivity index (χ1n) is 19.6. The van der Waals surface area contributed by atoms with Gasteiger partial charge in [-0.3, -0.25) is 30.0 Å². The van der Waals surface area contributed by atoms with Crippen molar-refractivity contribution in [1.29, 1.82) is 10.8 Å². The number of rotatable bonds is 18. The minimum atomic E-state index is -1.44.